The Hall–Kier alpha value is -0.660. The Morgan fingerprint density at radius 3 is 2.50 bits per heavy atom. The van der Waals surface area contributed by atoms with Crippen molar-refractivity contribution in [3.8, 4) is 0 Å². The van der Waals surface area contributed by atoms with Gasteiger partial charge in [0.2, 0.25) is 15.9 Å². The Morgan fingerprint density at radius 2 is 2.00 bits per heavy atom. The molecule has 1 heterocycles. The lowest BCUT2D eigenvalue weighted by atomic mass is 9.85. The molecule has 1 amide bonds. The first-order valence-electron chi connectivity index (χ1n) is 7.03. The maximum atomic E-state index is 12.5. The summed E-state index contributed by atoms with van der Waals surface area (Å²) in [7, 11) is -3.24. The van der Waals surface area contributed by atoms with Gasteiger partial charge >= 0.3 is 0 Å². The largest absolute Gasteiger partial charge is 0.337 e. The van der Waals surface area contributed by atoms with E-state index in [1.165, 1.54) is 0 Å². The standard InChI is InChI=1S/C13H27N3O3S/c1-13(2,3)11(14)12(17)16-8-6-5-7-10(16)9-15-20(4,18)19/h10-11,15H,5-9,14H2,1-4H3/t10?,11-/m0/s1. The number of rotatable bonds is 4. The molecule has 2 atom stereocenters. The number of amides is 1. The molecule has 1 saturated heterocycles. The summed E-state index contributed by atoms with van der Waals surface area (Å²) in [6, 6.07) is -0.666. The average Bonchev–Trinajstić information content (AvgIpc) is 2.33. The first-order valence-corrected chi connectivity index (χ1v) is 8.92. The summed E-state index contributed by atoms with van der Waals surface area (Å²) in [5.41, 5.74) is 5.74. The second-order valence-electron chi connectivity index (χ2n) is 6.65. The number of hydrogen-bond acceptors (Lipinski definition) is 4. The number of carbonyl (C=O) groups is 1. The van der Waals surface area contributed by atoms with E-state index < -0.39 is 16.1 Å². The third-order valence-electron chi connectivity index (χ3n) is 3.69. The Labute approximate surface area is 122 Å². The normalized spacial score (nSPS) is 22.6. The van der Waals surface area contributed by atoms with Crippen molar-refractivity contribution in [2.24, 2.45) is 11.1 Å². The summed E-state index contributed by atoms with van der Waals surface area (Å²) in [5, 5.41) is 0. The van der Waals surface area contributed by atoms with E-state index in [4.69, 9.17) is 5.73 Å². The summed E-state index contributed by atoms with van der Waals surface area (Å²) in [4.78, 5) is 14.3. The van der Waals surface area contributed by atoms with Crippen LogP contribution >= 0.6 is 0 Å². The number of sulfonamides is 1. The van der Waals surface area contributed by atoms with Gasteiger partial charge in [0, 0.05) is 19.1 Å². The highest BCUT2D eigenvalue weighted by molar-refractivity contribution is 7.88. The number of hydrogen-bond donors (Lipinski definition) is 2. The van der Waals surface area contributed by atoms with Crippen LogP contribution in [0.1, 0.15) is 40.0 Å². The smallest absolute Gasteiger partial charge is 0.240 e. The van der Waals surface area contributed by atoms with Gasteiger partial charge in [0.1, 0.15) is 0 Å². The second kappa shape index (κ2) is 6.41. The topological polar surface area (TPSA) is 92.5 Å². The Bertz CT molecular complexity index is 442. The van der Waals surface area contributed by atoms with Crippen LogP contribution in [0.3, 0.4) is 0 Å². The maximum absolute atomic E-state index is 12.5. The molecule has 1 fully saturated rings. The van der Waals surface area contributed by atoms with Crippen molar-refractivity contribution in [2.45, 2.75) is 52.1 Å². The zero-order valence-electron chi connectivity index (χ0n) is 12.8. The van der Waals surface area contributed by atoms with Gasteiger partial charge < -0.3 is 10.6 Å². The van der Waals surface area contributed by atoms with E-state index in [0.29, 0.717) is 6.54 Å². The molecule has 3 N–H and O–H groups in total. The molecule has 7 heteroatoms. The van der Waals surface area contributed by atoms with Crippen LogP contribution in [0.5, 0.6) is 0 Å². The Morgan fingerprint density at radius 1 is 1.40 bits per heavy atom. The van der Waals surface area contributed by atoms with Gasteiger partial charge in [-0.15, -0.1) is 0 Å². The van der Waals surface area contributed by atoms with E-state index in [9.17, 15) is 13.2 Å². The highest BCUT2D eigenvalue weighted by Crippen LogP contribution is 2.23. The molecule has 0 spiro atoms. The van der Waals surface area contributed by atoms with Gasteiger partial charge in [0.05, 0.1) is 12.3 Å². The molecule has 0 bridgehead atoms. The highest BCUT2D eigenvalue weighted by atomic mass is 32.2. The van der Waals surface area contributed by atoms with Crippen LogP contribution in [0.15, 0.2) is 0 Å². The van der Waals surface area contributed by atoms with E-state index in [1.54, 1.807) is 4.90 Å². The lowest BCUT2D eigenvalue weighted by molar-refractivity contribution is -0.138. The molecule has 1 aliphatic rings. The predicted octanol–water partition coefficient (Wildman–Crippen LogP) is 0.290. The van der Waals surface area contributed by atoms with E-state index in [2.05, 4.69) is 4.72 Å². The number of nitrogens with zero attached hydrogens (tertiary/aromatic N) is 1. The van der Waals surface area contributed by atoms with Gasteiger partial charge in [-0.3, -0.25) is 4.79 Å². The SMILES string of the molecule is CC(C)(C)[C@@H](N)C(=O)N1CCCCC1CNS(C)(=O)=O. The lowest BCUT2D eigenvalue weighted by Gasteiger charge is -2.39. The molecule has 0 aromatic carbocycles. The number of carbonyl (C=O) groups excluding carboxylic acids is 1. The molecule has 20 heavy (non-hydrogen) atoms. The van der Waals surface area contributed by atoms with Crippen LogP contribution in [0.4, 0.5) is 0 Å². The van der Waals surface area contributed by atoms with Crippen LogP contribution in [0.2, 0.25) is 0 Å². The second-order valence-corrected chi connectivity index (χ2v) is 8.48. The summed E-state index contributed by atoms with van der Waals surface area (Å²) in [5.74, 6) is -0.0856. The molecule has 0 aromatic heterocycles. The van der Waals surface area contributed by atoms with Crippen LogP contribution in [-0.2, 0) is 14.8 Å². The van der Waals surface area contributed by atoms with Crippen LogP contribution < -0.4 is 10.5 Å². The monoisotopic (exact) mass is 305 g/mol. The van der Waals surface area contributed by atoms with Crippen LogP contribution in [0.25, 0.3) is 0 Å². The lowest BCUT2D eigenvalue weighted by Crippen LogP contribution is -2.57. The van der Waals surface area contributed by atoms with Gasteiger partial charge in [0.25, 0.3) is 0 Å². The summed E-state index contributed by atoms with van der Waals surface area (Å²) in [6.07, 6.45) is 3.89. The average molecular weight is 305 g/mol. The first-order chi connectivity index (χ1) is 9.02. The van der Waals surface area contributed by atoms with Crippen molar-refractivity contribution in [1.29, 1.82) is 0 Å². The fourth-order valence-corrected chi connectivity index (χ4v) is 2.79. The van der Waals surface area contributed by atoms with Crippen LogP contribution in [-0.4, -0.2) is 50.7 Å². The zero-order valence-corrected chi connectivity index (χ0v) is 13.7. The molecule has 1 rings (SSSR count). The van der Waals surface area contributed by atoms with E-state index in [1.807, 2.05) is 20.8 Å². The molecule has 0 saturated carbocycles. The first kappa shape index (κ1) is 17.4. The van der Waals surface area contributed by atoms with E-state index in [-0.39, 0.29) is 23.9 Å². The van der Waals surface area contributed by atoms with E-state index >= 15 is 0 Å². The number of piperidine rings is 1. The molecule has 1 aliphatic heterocycles. The van der Waals surface area contributed by atoms with Crippen molar-refractivity contribution >= 4 is 15.9 Å². The van der Waals surface area contributed by atoms with Crippen LogP contribution in [0, 0.1) is 5.41 Å². The Kier molecular flexibility index (Phi) is 5.57. The quantitative estimate of drug-likeness (QED) is 0.781. The minimum atomic E-state index is -3.24. The molecule has 0 aliphatic carbocycles. The zero-order chi connectivity index (χ0) is 15.6. The molecule has 1 unspecified atom stereocenters. The van der Waals surface area contributed by atoms with Crippen molar-refractivity contribution in [2.75, 3.05) is 19.3 Å². The van der Waals surface area contributed by atoms with Crippen molar-refractivity contribution in [3.05, 3.63) is 0 Å². The molecule has 6 nitrogen and oxygen atoms in total. The predicted molar refractivity (Wildman–Crippen MR) is 79.6 cm³/mol. The molecule has 0 radical (unpaired) electrons. The minimum Gasteiger partial charge on any atom is -0.337 e. The van der Waals surface area contributed by atoms with E-state index in [0.717, 1.165) is 25.5 Å². The van der Waals surface area contributed by atoms with Crippen molar-refractivity contribution < 1.29 is 13.2 Å². The third kappa shape index (κ3) is 5.03. The van der Waals surface area contributed by atoms with Gasteiger partial charge in [-0.05, 0) is 24.7 Å². The van der Waals surface area contributed by atoms with Crippen molar-refractivity contribution in [1.82, 2.24) is 9.62 Å². The fraction of sp³-hybridized carbons (Fsp3) is 0.923. The molecule has 0 aromatic rings. The van der Waals surface area contributed by atoms with Gasteiger partial charge in [-0.25, -0.2) is 13.1 Å². The van der Waals surface area contributed by atoms with Gasteiger partial charge in [-0.1, -0.05) is 20.8 Å². The number of nitrogens with two attached hydrogens (primary N) is 1. The molecular weight excluding hydrogens is 278 g/mol. The summed E-state index contributed by atoms with van der Waals surface area (Å²) >= 11 is 0. The van der Waals surface area contributed by atoms with Gasteiger partial charge in [-0.2, -0.15) is 0 Å². The van der Waals surface area contributed by atoms with Crippen molar-refractivity contribution in [3.63, 3.8) is 0 Å². The fourth-order valence-electron chi connectivity index (χ4n) is 2.30. The maximum Gasteiger partial charge on any atom is 0.240 e. The molecular formula is C13H27N3O3S. The summed E-state index contributed by atoms with van der Waals surface area (Å²) in [6.45, 7) is 6.72. The number of likely N-dealkylation sites (tertiary alicyclic amines) is 1. The number of nitrogens with one attached hydrogen (secondary N) is 1. The minimum absolute atomic E-state index is 0.0856. The Balaban J connectivity index is 2.76. The summed E-state index contributed by atoms with van der Waals surface area (Å²) < 4.78 is 24.9. The highest BCUT2D eigenvalue weighted by Gasteiger charge is 2.35. The third-order valence-corrected chi connectivity index (χ3v) is 4.38. The molecule has 118 valence electrons. The van der Waals surface area contributed by atoms with Gasteiger partial charge in [0.15, 0.2) is 0 Å².